The molecular weight excluding hydrogens is 455 g/mol. The Morgan fingerprint density at radius 1 is 1.09 bits per heavy atom. The predicted octanol–water partition coefficient (Wildman–Crippen LogP) is 4.58. The maximum atomic E-state index is 13.2. The Kier molecular flexibility index (Phi) is 6.28. The number of para-hydroxylation sites is 1. The first-order valence-electron chi connectivity index (χ1n) is 9.97. The number of hydrogen-bond acceptors (Lipinski definition) is 4. The molecule has 3 aromatic rings. The highest BCUT2D eigenvalue weighted by Crippen LogP contribution is 2.36. The van der Waals surface area contributed by atoms with Gasteiger partial charge in [-0.05, 0) is 47.5 Å². The summed E-state index contributed by atoms with van der Waals surface area (Å²) in [7, 11) is 0. The van der Waals surface area contributed by atoms with Crippen LogP contribution in [0.1, 0.15) is 16.7 Å². The van der Waals surface area contributed by atoms with E-state index in [1.807, 2.05) is 30.5 Å². The second-order valence-corrected chi connectivity index (χ2v) is 8.31. The van der Waals surface area contributed by atoms with Gasteiger partial charge in [0, 0.05) is 23.6 Å². The Morgan fingerprint density at radius 2 is 1.82 bits per heavy atom. The van der Waals surface area contributed by atoms with Gasteiger partial charge >= 0.3 is 6.18 Å². The smallest absolute Gasteiger partial charge is 0.361 e. The normalized spacial score (nSPS) is 15.6. The van der Waals surface area contributed by atoms with Crippen molar-refractivity contribution in [2.45, 2.75) is 12.6 Å². The molecule has 3 amide bonds. The molecule has 0 spiro atoms. The fourth-order valence-corrected chi connectivity index (χ4v) is 4.36. The summed E-state index contributed by atoms with van der Waals surface area (Å²) < 4.78 is 39.6. The van der Waals surface area contributed by atoms with Gasteiger partial charge in [0.1, 0.15) is 6.54 Å². The van der Waals surface area contributed by atoms with Crippen molar-refractivity contribution in [3.05, 3.63) is 76.3 Å². The molecule has 0 atom stereocenters. The third kappa shape index (κ3) is 4.95. The molecule has 0 bridgehead atoms. The van der Waals surface area contributed by atoms with E-state index in [1.54, 1.807) is 0 Å². The van der Waals surface area contributed by atoms with Gasteiger partial charge in [0.15, 0.2) is 0 Å². The highest BCUT2D eigenvalue weighted by atomic mass is 32.2. The van der Waals surface area contributed by atoms with Crippen LogP contribution in [0.4, 0.5) is 18.0 Å². The number of halogens is 3. The summed E-state index contributed by atoms with van der Waals surface area (Å²) in [5.74, 6) is -1.33. The van der Waals surface area contributed by atoms with Crippen molar-refractivity contribution < 1.29 is 27.6 Å². The minimum atomic E-state index is -4.60. The summed E-state index contributed by atoms with van der Waals surface area (Å²) in [6, 6.07) is 12.5. The number of thioether (sulfide) groups is 1. The first-order chi connectivity index (χ1) is 15.7. The summed E-state index contributed by atoms with van der Waals surface area (Å²) in [5.41, 5.74) is 0.865. The SMILES string of the molecule is O=C(CN1C(=O)S/C(=C\c2ccccc2C(F)(F)F)C1=O)NCCc1c[nH]c2ccccc12. The number of nitrogens with zero attached hydrogens (tertiary/aromatic N) is 1. The van der Waals surface area contributed by atoms with Gasteiger partial charge < -0.3 is 10.3 Å². The molecule has 1 fully saturated rings. The molecule has 6 nitrogen and oxygen atoms in total. The lowest BCUT2D eigenvalue weighted by molar-refractivity contribution is -0.137. The van der Waals surface area contributed by atoms with Crippen LogP contribution in [0.25, 0.3) is 17.0 Å². The average Bonchev–Trinajstić information content (AvgIpc) is 3.30. The average molecular weight is 473 g/mol. The second kappa shape index (κ2) is 9.14. The highest BCUT2D eigenvalue weighted by molar-refractivity contribution is 8.18. The van der Waals surface area contributed by atoms with Crippen LogP contribution >= 0.6 is 11.8 Å². The fraction of sp³-hybridized carbons (Fsp3) is 0.174. The Balaban J connectivity index is 1.38. The highest BCUT2D eigenvalue weighted by Gasteiger charge is 2.38. The number of benzene rings is 2. The molecule has 0 aliphatic carbocycles. The van der Waals surface area contributed by atoms with Crippen molar-refractivity contribution in [1.29, 1.82) is 0 Å². The van der Waals surface area contributed by atoms with E-state index >= 15 is 0 Å². The standard InChI is InChI=1S/C23H18F3N3O3S/c24-23(25,26)17-7-3-1-5-14(17)11-19-21(31)29(22(32)33-19)13-20(30)27-10-9-15-12-28-18-8-4-2-6-16(15)18/h1-8,11-12,28H,9-10,13H2,(H,27,30)/b19-11-. The summed E-state index contributed by atoms with van der Waals surface area (Å²) in [6.45, 7) is -0.206. The van der Waals surface area contributed by atoms with Gasteiger partial charge in [0.2, 0.25) is 5.91 Å². The van der Waals surface area contributed by atoms with E-state index in [4.69, 9.17) is 0 Å². The minimum absolute atomic E-state index is 0.164. The van der Waals surface area contributed by atoms with Gasteiger partial charge in [-0.15, -0.1) is 0 Å². The van der Waals surface area contributed by atoms with E-state index < -0.39 is 35.3 Å². The van der Waals surface area contributed by atoms with E-state index in [1.165, 1.54) is 18.2 Å². The first-order valence-corrected chi connectivity index (χ1v) is 10.8. The molecule has 0 unspecified atom stereocenters. The van der Waals surface area contributed by atoms with Gasteiger partial charge in [-0.3, -0.25) is 19.3 Å². The van der Waals surface area contributed by atoms with Crippen LogP contribution in [0, 0.1) is 0 Å². The van der Waals surface area contributed by atoms with Crippen molar-refractivity contribution in [2.75, 3.05) is 13.1 Å². The number of H-pyrrole nitrogens is 1. The van der Waals surface area contributed by atoms with E-state index in [-0.39, 0.29) is 10.5 Å². The number of rotatable bonds is 6. The lowest BCUT2D eigenvalue weighted by Gasteiger charge is -2.12. The predicted molar refractivity (Wildman–Crippen MR) is 119 cm³/mol. The van der Waals surface area contributed by atoms with Crippen molar-refractivity contribution in [1.82, 2.24) is 15.2 Å². The molecule has 1 saturated heterocycles. The van der Waals surface area contributed by atoms with Crippen LogP contribution in [0.15, 0.2) is 59.6 Å². The Morgan fingerprint density at radius 3 is 2.61 bits per heavy atom. The number of aromatic amines is 1. The molecule has 1 aromatic heterocycles. The molecule has 0 radical (unpaired) electrons. The lowest BCUT2D eigenvalue weighted by Crippen LogP contribution is -2.40. The maximum Gasteiger partial charge on any atom is 0.416 e. The first kappa shape index (κ1) is 22.7. The lowest BCUT2D eigenvalue weighted by atomic mass is 10.1. The quantitative estimate of drug-likeness (QED) is 0.514. The molecule has 170 valence electrons. The van der Waals surface area contributed by atoms with Gasteiger partial charge in [-0.2, -0.15) is 13.2 Å². The topological polar surface area (TPSA) is 82.3 Å². The largest absolute Gasteiger partial charge is 0.416 e. The number of imide groups is 1. The monoisotopic (exact) mass is 473 g/mol. The fourth-order valence-electron chi connectivity index (χ4n) is 3.53. The van der Waals surface area contributed by atoms with Crippen LogP contribution in [0.2, 0.25) is 0 Å². The maximum absolute atomic E-state index is 13.2. The number of hydrogen-bond donors (Lipinski definition) is 2. The summed E-state index contributed by atoms with van der Waals surface area (Å²) in [5, 5.41) is 3.01. The van der Waals surface area contributed by atoms with Crippen molar-refractivity contribution in [2.24, 2.45) is 0 Å². The number of alkyl halides is 3. The van der Waals surface area contributed by atoms with Gasteiger partial charge in [0.05, 0.1) is 10.5 Å². The van der Waals surface area contributed by atoms with Gasteiger partial charge in [0.25, 0.3) is 11.1 Å². The number of nitrogens with one attached hydrogen (secondary N) is 2. The zero-order valence-electron chi connectivity index (χ0n) is 17.1. The molecule has 1 aliphatic heterocycles. The van der Waals surface area contributed by atoms with Crippen LogP contribution in [0.5, 0.6) is 0 Å². The summed E-state index contributed by atoms with van der Waals surface area (Å²) >= 11 is 0.508. The molecular formula is C23H18F3N3O3S. The number of amides is 3. The molecule has 0 saturated carbocycles. The van der Waals surface area contributed by atoms with E-state index in [9.17, 15) is 27.6 Å². The molecule has 1 aliphatic rings. The summed E-state index contributed by atoms with van der Waals surface area (Å²) in [6.07, 6.45) is -1.17. The van der Waals surface area contributed by atoms with Gasteiger partial charge in [-0.25, -0.2) is 0 Å². The zero-order chi connectivity index (χ0) is 23.6. The van der Waals surface area contributed by atoms with Crippen molar-refractivity contribution in [3.63, 3.8) is 0 Å². The molecule has 2 heterocycles. The number of carbonyl (C=O) groups is 3. The molecule has 2 aromatic carbocycles. The number of aromatic nitrogens is 1. The third-order valence-electron chi connectivity index (χ3n) is 5.12. The second-order valence-electron chi connectivity index (χ2n) is 7.31. The number of carbonyl (C=O) groups excluding carboxylic acids is 3. The van der Waals surface area contributed by atoms with Crippen molar-refractivity contribution in [3.8, 4) is 0 Å². The van der Waals surface area contributed by atoms with Crippen LogP contribution in [-0.2, 0) is 22.2 Å². The molecule has 10 heteroatoms. The van der Waals surface area contributed by atoms with Crippen molar-refractivity contribution >= 4 is 45.8 Å². The third-order valence-corrected chi connectivity index (χ3v) is 6.03. The number of fused-ring (bicyclic) bond motifs is 1. The van der Waals surface area contributed by atoms with Crippen LogP contribution < -0.4 is 5.32 Å². The van der Waals surface area contributed by atoms with Gasteiger partial charge in [-0.1, -0.05) is 36.4 Å². The van der Waals surface area contributed by atoms with E-state index in [2.05, 4.69) is 10.3 Å². The van der Waals surface area contributed by atoms with E-state index in [0.717, 1.165) is 33.5 Å². The Bertz CT molecular complexity index is 1270. The Labute approximate surface area is 190 Å². The summed E-state index contributed by atoms with van der Waals surface area (Å²) in [4.78, 5) is 40.8. The molecule has 33 heavy (non-hydrogen) atoms. The zero-order valence-corrected chi connectivity index (χ0v) is 17.9. The Hall–Kier alpha value is -3.53. The molecule has 2 N–H and O–H groups in total. The van der Waals surface area contributed by atoms with E-state index in [0.29, 0.717) is 24.7 Å². The van der Waals surface area contributed by atoms with Crippen LogP contribution in [-0.4, -0.2) is 40.0 Å². The molecule has 4 rings (SSSR count). The minimum Gasteiger partial charge on any atom is -0.361 e. The van der Waals surface area contributed by atoms with Crippen LogP contribution in [0.3, 0.4) is 0 Å².